The fraction of sp³-hybridized carbons (Fsp3) is 0.600. The highest BCUT2D eigenvalue weighted by molar-refractivity contribution is 5.93. The van der Waals surface area contributed by atoms with Crippen LogP contribution in [0, 0.1) is 5.92 Å². The Morgan fingerprint density at radius 1 is 1.26 bits per heavy atom. The second-order valence-electron chi connectivity index (χ2n) is 5.63. The number of pyridine rings is 1. The molecule has 1 aliphatic carbocycles. The van der Waals surface area contributed by atoms with E-state index in [4.69, 9.17) is 0 Å². The summed E-state index contributed by atoms with van der Waals surface area (Å²) in [7, 11) is 0. The molecule has 0 amide bonds. The quantitative estimate of drug-likeness (QED) is 0.888. The van der Waals surface area contributed by atoms with Crippen molar-refractivity contribution in [2.75, 3.05) is 11.4 Å². The van der Waals surface area contributed by atoms with Crippen LogP contribution in [-0.2, 0) is 0 Å². The van der Waals surface area contributed by atoms with E-state index in [0.29, 0.717) is 17.4 Å². The Balaban J connectivity index is 1.94. The molecule has 3 rings (SSSR count). The monoisotopic (exact) mass is 260 g/mol. The number of carbonyl (C=O) groups is 1. The molecule has 19 heavy (non-hydrogen) atoms. The van der Waals surface area contributed by atoms with Gasteiger partial charge in [-0.05, 0) is 43.7 Å². The third kappa shape index (κ3) is 2.31. The molecule has 0 bridgehead atoms. The lowest BCUT2D eigenvalue weighted by atomic mass is 9.78. The van der Waals surface area contributed by atoms with Crippen molar-refractivity contribution >= 4 is 11.8 Å². The van der Waals surface area contributed by atoms with Gasteiger partial charge in [0.15, 0.2) is 0 Å². The summed E-state index contributed by atoms with van der Waals surface area (Å²) in [5.41, 5.74) is 0.341. The molecule has 1 aromatic heterocycles. The second kappa shape index (κ2) is 5.19. The Hall–Kier alpha value is -1.58. The first-order chi connectivity index (χ1) is 9.27. The third-order valence-corrected chi connectivity index (χ3v) is 4.53. The lowest BCUT2D eigenvalue weighted by Gasteiger charge is -2.45. The molecule has 0 unspecified atom stereocenters. The van der Waals surface area contributed by atoms with Gasteiger partial charge >= 0.3 is 5.97 Å². The van der Waals surface area contributed by atoms with Gasteiger partial charge in [-0.15, -0.1) is 0 Å². The van der Waals surface area contributed by atoms with Crippen LogP contribution in [0.15, 0.2) is 18.3 Å². The third-order valence-electron chi connectivity index (χ3n) is 4.53. The van der Waals surface area contributed by atoms with Gasteiger partial charge in [-0.1, -0.05) is 12.8 Å². The zero-order valence-electron chi connectivity index (χ0n) is 11.1. The molecule has 1 aliphatic heterocycles. The van der Waals surface area contributed by atoms with Crippen molar-refractivity contribution in [3.8, 4) is 0 Å². The second-order valence-corrected chi connectivity index (χ2v) is 5.63. The van der Waals surface area contributed by atoms with E-state index < -0.39 is 5.97 Å². The molecule has 4 nitrogen and oxygen atoms in total. The molecule has 2 aliphatic rings. The van der Waals surface area contributed by atoms with E-state index >= 15 is 0 Å². The van der Waals surface area contributed by atoms with Gasteiger partial charge in [-0.25, -0.2) is 9.78 Å². The van der Waals surface area contributed by atoms with Crippen molar-refractivity contribution in [1.82, 2.24) is 4.98 Å². The highest BCUT2D eigenvalue weighted by atomic mass is 16.4. The zero-order valence-corrected chi connectivity index (χ0v) is 11.1. The minimum Gasteiger partial charge on any atom is -0.478 e. The van der Waals surface area contributed by atoms with E-state index in [1.165, 1.54) is 32.1 Å². The molecular weight excluding hydrogens is 240 g/mol. The van der Waals surface area contributed by atoms with Crippen molar-refractivity contribution in [3.05, 3.63) is 23.9 Å². The van der Waals surface area contributed by atoms with Crippen LogP contribution < -0.4 is 4.90 Å². The van der Waals surface area contributed by atoms with Gasteiger partial charge in [0, 0.05) is 18.8 Å². The number of anilines is 1. The number of piperidine rings is 1. The lowest BCUT2D eigenvalue weighted by molar-refractivity contribution is 0.0696. The molecule has 1 N–H and O–H groups in total. The molecule has 1 saturated heterocycles. The molecule has 2 fully saturated rings. The summed E-state index contributed by atoms with van der Waals surface area (Å²) in [5, 5.41) is 9.33. The van der Waals surface area contributed by atoms with Gasteiger partial charge in [0.25, 0.3) is 0 Å². The predicted molar refractivity (Wildman–Crippen MR) is 73.5 cm³/mol. The van der Waals surface area contributed by atoms with E-state index in [2.05, 4.69) is 9.88 Å². The van der Waals surface area contributed by atoms with Gasteiger partial charge < -0.3 is 10.0 Å². The van der Waals surface area contributed by atoms with Crippen LogP contribution in [0.2, 0.25) is 0 Å². The van der Waals surface area contributed by atoms with Gasteiger partial charge in [-0.2, -0.15) is 0 Å². The summed E-state index contributed by atoms with van der Waals surface area (Å²) in [5.74, 6) is 0.527. The van der Waals surface area contributed by atoms with Gasteiger partial charge in [0.1, 0.15) is 11.4 Å². The van der Waals surface area contributed by atoms with Crippen molar-refractivity contribution in [2.45, 2.75) is 44.6 Å². The molecule has 0 radical (unpaired) electrons. The SMILES string of the molecule is O=C(O)c1cccnc1N1CCC[C@H]2CCCC[C@H]21. The van der Waals surface area contributed by atoms with Crippen LogP contribution in [0.25, 0.3) is 0 Å². The Bertz CT molecular complexity index is 473. The maximum Gasteiger partial charge on any atom is 0.339 e. The van der Waals surface area contributed by atoms with E-state index in [1.807, 2.05) is 0 Å². The van der Waals surface area contributed by atoms with Gasteiger partial charge in [-0.3, -0.25) is 0 Å². The van der Waals surface area contributed by atoms with Crippen LogP contribution in [0.3, 0.4) is 0 Å². The van der Waals surface area contributed by atoms with E-state index in [0.717, 1.165) is 18.9 Å². The molecule has 102 valence electrons. The maximum atomic E-state index is 11.4. The average Bonchev–Trinajstić information content (AvgIpc) is 2.46. The number of aromatic nitrogens is 1. The average molecular weight is 260 g/mol. The van der Waals surface area contributed by atoms with E-state index in [1.54, 1.807) is 18.3 Å². The molecular formula is C15H20N2O2. The van der Waals surface area contributed by atoms with Crippen LogP contribution in [0.1, 0.15) is 48.9 Å². The van der Waals surface area contributed by atoms with Gasteiger partial charge in [0.2, 0.25) is 0 Å². The smallest absolute Gasteiger partial charge is 0.339 e. The van der Waals surface area contributed by atoms with E-state index in [-0.39, 0.29) is 0 Å². The summed E-state index contributed by atoms with van der Waals surface area (Å²) >= 11 is 0. The van der Waals surface area contributed by atoms with Crippen molar-refractivity contribution < 1.29 is 9.90 Å². The predicted octanol–water partition coefficient (Wildman–Crippen LogP) is 2.94. The number of carboxylic acid groups (broad SMARTS) is 1. The van der Waals surface area contributed by atoms with E-state index in [9.17, 15) is 9.90 Å². The van der Waals surface area contributed by atoms with Gasteiger partial charge in [0.05, 0.1) is 0 Å². The minimum atomic E-state index is -0.874. The standard InChI is InChI=1S/C15H20N2O2/c18-15(19)12-7-3-9-16-14(12)17-10-4-6-11-5-1-2-8-13(11)17/h3,7,9,11,13H,1-2,4-6,8,10H2,(H,18,19)/t11-,13-/m1/s1. The molecule has 0 aromatic carbocycles. The summed E-state index contributed by atoms with van der Waals surface area (Å²) in [6, 6.07) is 3.86. The highest BCUT2D eigenvalue weighted by Gasteiger charge is 2.35. The highest BCUT2D eigenvalue weighted by Crippen LogP contribution is 2.37. The largest absolute Gasteiger partial charge is 0.478 e. The number of fused-ring (bicyclic) bond motifs is 1. The number of rotatable bonds is 2. The van der Waals surface area contributed by atoms with Crippen LogP contribution in [0.4, 0.5) is 5.82 Å². The number of hydrogen-bond donors (Lipinski definition) is 1. The summed E-state index contributed by atoms with van der Waals surface area (Å²) < 4.78 is 0. The molecule has 4 heteroatoms. The summed E-state index contributed by atoms with van der Waals surface area (Å²) in [4.78, 5) is 18.0. The fourth-order valence-electron chi connectivity index (χ4n) is 3.68. The first kappa shape index (κ1) is 12.5. The van der Waals surface area contributed by atoms with Crippen LogP contribution in [-0.4, -0.2) is 28.6 Å². The number of hydrogen-bond acceptors (Lipinski definition) is 3. The Morgan fingerprint density at radius 2 is 2.05 bits per heavy atom. The summed E-state index contributed by atoms with van der Waals surface area (Å²) in [6.07, 6.45) is 9.19. The van der Waals surface area contributed by atoms with Crippen LogP contribution >= 0.6 is 0 Å². The molecule has 2 atom stereocenters. The number of nitrogens with zero attached hydrogens (tertiary/aromatic N) is 2. The normalized spacial score (nSPS) is 26.8. The van der Waals surface area contributed by atoms with Crippen molar-refractivity contribution in [1.29, 1.82) is 0 Å². The van der Waals surface area contributed by atoms with Crippen LogP contribution in [0.5, 0.6) is 0 Å². The Morgan fingerprint density at radius 3 is 2.89 bits per heavy atom. The Labute approximate surface area is 113 Å². The Kier molecular flexibility index (Phi) is 3.40. The zero-order chi connectivity index (χ0) is 13.2. The fourth-order valence-corrected chi connectivity index (χ4v) is 3.68. The van der Waals surface area contributed by atoms with Crippen molar-refractivity contribution in [3.63, 3.8) is 0 Å². The minimum absolute atomic E-state index is 0.341. The molecule has 0 spiro atoms. The number of carboxylic acids is 1. The lowest BCUT2D eigenvalue weighted by Crippen LogP contribution is -2.47. The molecule has 1 saturated carbocycles. The maximum absolute atomic E-state index is 11.4. The topological polar surface area (TPSA) is 53.4 Å². The number of aromatic carboxylic acids is 1. The van der Waals surface area contributed by atoms with Crippen molar-refractivity contribution in [2.24, 2.45) is 5.92 Å². The molecule has 2 heterocycles. The summed E-state index contributed by atoms with van der Waals surface area (Å²) in [6.45, 7) is 0.943. The molecule has 1 aromatic rings. The first-order valence-electron chi connectivity index (χ1n) is 7.22. The first-order valence-corrected chi connectivity index (χ1v) is 7.22.